The van der Waals surface area contributed by atoms with Gasteiger partial charge >= 0.3 is 0 Å². The molecular weight excluding hydrogens is 242 g/mol. The highest BCUT2D eigenvalue weighted by atomic mass is 35.5. The van der Waals surface area contributed by atoms with Crippen molar-refractivity contribution >= 4 is 23.2 Å². The summed E-state index contributed by atoms with van der Waals surface area (Å²) in [5.41, 5.74) is 1.64. The second-order valence-corrected chi connectivity index (χ2v) is 4.32. The number of benzene rings is 1. The van der Waals surface area contributed by atoms with Crippen molar-refractivity contribution in [2.24, 2.45) is 0 Å². The first-order chi connectivity index (χ1) is 8.15. The van der Waals surface area contributed by atoms with Gasteiger partial charge in [0.25, 0.3) is 5.91 Å². The molecule has 0 radical (unpaired) electrons. The maximum absolute atomic E-state index is 12.0. The molecule has 2 rings (SSSR count). The number of aliphatic hydroxyl groups excluding tert-OH is 1. The molecule has 0 aliphatic carbocycles. The van der Waals surface area contributed by atoms with Gasteiger partial charge in [0.1, 0.15) is 0 Å². The number of ether oxygens (including phenoxy) is 1. The maximum Gasteiger partial charge on any atom is 0.258 e. The van der Waals surface area contributed by atoms with Gasteiger partial charge in [0, 0.05) is 17.3 Å². The molecule has 1 aromatic rings. The molecule has 5 heteroatoms. The van der Waals surface area contributed by atoms with Crippen LogP contribution in [-0.4, -0.2) is 36.9 Å². The van der Waals surface area contributed by atoms with E-state index >= 15 is 0 Å². The third-order valence-electron chi connectivity index (χ3n) is 2.87. The SMILES string of the molecule is Cc1c(Cl)cccc1N1CCOC(CO)C1=O. The molecule has 1 fully saturated rings. The molecule has 4 nitrogen and oxygen atoms in total. The van der Waals surface area contributed by atoms with Gasteiger partial charge in [-0.1, -0.05) is 17.7 Å². The second-order valence-electron chi connectivity index (χ2n) is 3.92. The molecule has 1 atom stereocenters. The summed E-state index contributed by atoms with van der Waals surface area (Å²) in [5, 5.41) is 9.68. The van der Waals surface area contributed by atoms with Gasteiger partial charge in [-0.3, -0.25) is 4.79 Å². The van der Waals surface area contributed by atoms with E-state index in [1.165, 1.54) is 0 Å². The minimum absolute atomic E-state index is 0.218. The number of nitrogens with zero attached hydrogens (tertiary/aromatic N) is 1. The van der Waals surface area contributed by atoms with Gasteiger partial charge in [-0.2, -0.15) is 0 Å². The topological polar surface area (TPSA) is 49.8 Å². The van der Waals surface area contributed by atoms with E-state index in [1.807, 2.05) is 13.0 Å². The van der Waals surface area contributed by atoms with E-state index in [0.29, 0.717) is 18.2 Å². The second kappa shape index (κ2) is 5.04. The maximum atomic E-state index is 12.0. The van der Waals surface area contributed by atoms with Crippen LogP contribution in [0.3, 0.4) is 0 Å². The molecule has 1 aliphatic rings. The normalized spacial score (nSPS) is 20.8. The lowest BCUT2D eigenvalue weighted by atomic mass is 10.1. The summed E-state index contributed by atoms with van der Waals surface area (Å²) in [6.07, 6.45) is -0.762. The molecule has 1 saturated heterocycles. The average Bonchev–Trinajstić information content (AvgIpc) is 2.33. The number of amides is 1. The van der Waals surface area contributed by atoms with Crippen molar-refractivity contribution in [1.82, 2.24) is 0 Å². The van der Waals surface area contributed by atoms with Crippen LogP contribution in [0.15, 0.2) is 18.2 Å². The van der Waals surface area contributed by atoms with Gasteiger partial charge in [-0.05, 0) is 24.6 Å². The zero-order chi connectivity index (χ0) is 12.4. The molecule has 0 aromatic heterocycles. The molecule has 1 heterocycles. The van der Waals surface area contributed by atoms with Crippen LogP contribution in [0.2, 0.25) is 5.02 Å². The molecule has 1 N–H and O–H groups in total. The van der Waals surface area contributed by atoms with Crippen LogP contribution in [0.5, 0.6) is 0 Å². The fraction of sp³-hybridized carbons (Fsp3) is 0.417. The largest absolute Gasteiger partial charge is 0.393 e. The van der Waals surface area contributed by atoms with E-state index in [0.717, 1.165) is 11.3 Å². The van der Waals surface area contributed by atoms with Crippen molar-refractivity contribution in [2.75, 3.05) is 24.7 Å². The van der Waals surface area contributed by atoms with Crippen molar-refractivity contribution in [1.29, 1.82) is 0 Å². The lowest BCUT2D eigenvalue weighted by Gasteiger charge is -2.32. The van der Waals surface area contributed by atoms with Gasteiger partial charge in [0.15, 0.2) is 6.10 Å². The zero-order valence-corrected chi connectivity index (χ0v) is 10.3. The number of carbonyl (C=O) groups is 1. The van der Waals surface area contributed by atoms with Crippen molar-refractivity contribution in [2.45, 2.75) is 13.0 Å². The van der Waals surface area contributed by atoms with Crippen LogP contribution in [0.25, 0.3) is 0 Å². The predicted molar refractivity (Wildman–Crippen MR) is 65.4 cm³/mol. The third kappa shape index (κ3) is 2.29. The molecule has 1 unspecified atom stereocenters. The summed E-state index contributed by atoms with van der Waals surface area (Å²) in [7, 11) is 0. The van der Waals surface area contributed by atoms with Crippen LogP contribution in [0, 0.1) is 6.92 Å². The zero-order valence-electron chi connectivity index (χ0n) is 9.52. The number of aliphatic hydroxyl groups is 1. The van der Waals surface area contributed by atoms with E-state index in [1.54, 1.807) is 17.0 Å². The third-order valence-corrected chi connectivity index (χ3v) is 3.28. The number of halogens is 1. The van der Waals surface area contributed by atoms with E-state index in [-0.39, 0.29) is 12.5 Å². The fourth-order valence-electron chi connectivity index (χ4n) is 1.90. The Kier molecular flexibility index (Phi) is 3.66. The quantitative estimate of drug-likeness (QED) is 0.869. The Morgan fingerprint density at radius 1 is 1.59 bits per heavy atom. The summed E-state index contributed by atoms with van der Waals surface area (Å²) in [6, 6.07) is 5.44. The Hall–Kier alpha value is -1.10. The van der Waals surface area contributed by atoms with Crippen LogP contribution >= 0.6 is 11.6 Å². The summed E-state index contributed by atoms with van der Waals surface area (Å²) in [4.78, 5) is 13.6. The predicted octanol–water partition coefficient (Wildman–Crippen LogP) is 1.37. The Balaban J connectivity index is 2.33. The molecule has 1 aromatic carbocycles. The van der Waals surface area contributed by atoms with E-state index in [9.17, 15) is 4.79 Å². The summed E-state index contributed by atoms with van der Waals surface area (Å²) in [5.74, 6) is -0.218. The average molecular weight is 256 g/mol. The number of hydrogen-bond donors (Lipinski definition) is 1. The van der Waals surface area contributed by atoms with E-state index in [4.69, 9.17) is 21.4 Å². The lowest BCUT2D eigenvalue weighted by molar-refractivity contribution is -0.136. The van der Waals surface area contributed by atoms with Gasteiger partial charge in [-0.15, -0.1) is 0 Å². The van der Waals surface area contributed by atoms with Crippen molar-refractivity contribution in [3.05, 3.63) is 28.8 Å². The standard InChI is InChI=1S/C12H14ClNO3/c1-8-9(13)3-2-4-10(8)14-5-6-17-11(7-15)12(14)16/h2-4,11,15H,5-7H2,1H3. The molecule has 92 valence electrons. The molecule has 0 bridgehead atoms. The Bertz CT molecular complexity index is 436. The molecule has 1 amide bonds. The van der Waals surface area contributed by atoms with Crippen molar-refractivity contribution < 1.29 is 14.6 Å². The van der Waals surface area contributed by atoms with E-state index in [2.05, 4.69) is 0 Å². The minimum atomic E-state index is -0.762. The Labute approximate surface area is 105 Å². The fourth-order valence-corrected chi connectivity index (χ4v) is 2.07. The molecule has 17 heavy (non-hydrogen) atoms. The van der Waals surface area contributed by atoms with Gasteiger partial charge in [-0.25, -0.2) is 0 Å². The number of hydrogen-bond acceptors (Lipinski definition) is 3. The first-order valence-corrected chi connectivity index (χ1v) is 5.82. The summed E-state index contributed by atoms with van der Waals surface area (Å²) in [6.45, 7) is 2.47. The first kappa shape index (κ1) is 12.4. The monoisotopic (exact) mass is 255 g/mol. The van der Waals surface area contributed by atoms with Gasteiger partial charge in [0.2, 0.25) is 0 Å². The van der Waals surface area contributed by atoms with Crippen LogP contribution in [0.4, 0.5) is 5.69 Å². The number of morpholine rings is 1. The minimum Gasteiger partial charge on any atom is -0.393 e. The van der Waals surface area contributed by atoms with Crippen LogP contribution in [0.1, 0.15) is 5.56 Å². The molecule has 1 aliphatic heterocycles. The highest BCUT2D eigenvalue weighted by Crippen LogP contribution is 2.28. The number of anilines is 1. The summed E-state index contributed by atoms with van der Waals surface area (Å²) >= 11 is 6.03. The number of rotatable bonds is 2. The Morgan fingerprint density at radius 3 is 3.06 bits per heavy atom. The van der Waals surface area contributed by atoms with Gasteiger partial charge < -0.3 is 14.7 Å². The molecule has 0 saturated carbocycles. The highest BCUT2D eigenvalue weighted by molar-refractivity contribution is 6.31. The highest BCUT2D eigenvalue weighted by Gasteiger charge is 2.30. The molecular formula is C12H14ClNO3. The van der Waals surface area contributed by atoms with Crippen molar-refractivity contribution in [3.8, 4) is 0 Å². The van der Waals surface area contributed by atoms with Crippen LogP contribution in [-0.2, 0) is 9.53 Å². The smallest absolute Gasteiger partial charge is 0.258 e. The lowest BCUT2D eigenvalue weighted by Crippen LogP contribution is -2.49. The number of carbonyl (C=O) groups excluding carboxylic acids is 1. The van der Waals surface area contributed by atoms with Crippen molar-refractivity contribution in [3.63, 3.8) is 0 Å². The van der Waals surface area contributed by atoms with E-state index < -0.39 is 6.10 Å². The summed E-state index contributed by atoms with van der Waals surface area (Å²) < 4.78 is 5.19. The van der Waals surface area contributed by atoms with Crippen LogP contribution < -0.4 is 4.90 Å². The Morgan fingerprint density at radius 2 is 2.35 bits per heavy atom. The first-order valence-electron chi connectivity index (χ1n) is 5.44. The molecule has 0 spiro atoms. The van der Waals surface area contributed by atoms with Gasteiger partial charge in [0.05, 0.1) is 13.2 Å².